The van der Waals surface area contributed by atoms with Crippen molar-refractivity contribution in [3.05, 3.63) is 0 Å². The van der Waals surface area contributed by atoms with Crippen LogP contribution >= 0.6 is 0 Å². The van der Waals surface area contributed by atoms with Gasteiger partial charge in [0.25, 0.3) is 0 Å². The quantitative estimate of drug-likeness (QED) is 0.702. The van der Waals surface area contributed by atoms with Crippen LogP contribution in [0.1, 0.15) is 26.7 Å². The molecule has 0 aromatic carbocycles. The fourth-order valence-electron chi connectivity index (χ4n) is 2.98. The molecule has 2 rings (SSSR count). The molecule has 3 amide bonds. The van der Waals surface area contributed by atoms with E-state index in [4.69, 9.17) is 5.73 Å². The first-order valence-electron chi connectivity index (χ1n) is 6.69. The van der Waals surface area contributed by atoms with Gasteiger partial charge < -0.3 is 15.5 Å². The Bertz CT molecular complexity index is 421. The Kier molecular flexibility index (Phi) is 3.52. The van der Waals surface area contributed by atoms with Crippen LogP contribution in [0.5, 0.6) is 0 Å². The molecule has 19 heavy (non-hydrogen) atoms. The highest BCUT2D eigenvalue weighted by Crippen LogP contribution is 2.42. The summed E-state index contributed by atoms with van der Waals surface area (Å²) in [7, 11) is 0. The molecule has 106 valence electrons. The summed E-state index contributed by atoms with van der Waals surface area (Å²) in [5.41, 5.74) is 4.52. The minimum atomic E-state index is -0.556. The van der Waals surface area contributed by atoms with E-state index in [1.165, 1.54) is 4.90 Å². The molecule has 0 radical (unpaired) electrons. The first-order valence-corrected chi connectivity index (χ1v) is 6.69. The van der Waals surface area contributed by atoms with E-state index in [0.29, 0.717) is 25.4 Å². The highest BCUT2D eigenvalue weighted by molar-refractivity contribution is 5.96. The number of β-lactam (4-membered cyclic amide) rings is 1. The van der Waals surface area contributed by atoms with Gasteiger partial charge in [0.2, 0.25) is 17.7 Å². The average Bonchev–Trinajstić information content (AvgIpc) is 2.30. The Morgan fingerprint density at radius 1 is 1.37 bits per heavy atom. The number of nitrogens with zero attached hydrogens (tertiary/aromatic N) is 2. The fraction of sp³-hybridized carbons (Fsp3) is 0.769. The topological polar surface area (TPSA) is 83.7 Å². The lowest BCUT2D eigenvalue weighted by atomic mass is 9.70. The van der Waals surface area contributed by atoms with E-state index < -0.39 is 11.3 Å². The van der Waals surface area contributed by atoms with Gasteiger partial charge in [0.1, 0.15) is 0 Å². The second kappa shape index (κ2) is 4.83. The molecule has 2 N–H and O–H groups in total. The van der Waals surface area contributed by atoms with E-state index in [9.17, 15) is 14.4 Å². The SMILES string of the molecule is CC(C)CN1CCC2(CC1=O)CN(CC(N)=O)C2=O. The van der Waals surface area contributed by atoms with E-state index in [1.54, 1.807) is 0 Å². The molecule has 2 aliphatic heterocycles. The van der Waals surface area contributed by atoms with E-state index in [1.807, 2.05) is 4.90 Å². The van der Waals surface area contributed by atoms with E-state index >= 15 is 0 Å². The second-order valence-electron chi connectivity index (χ2n) is 6.07. The number of likely N-dealkylation sites (tertiary alicyclic amines) is 2. The molecule has 2 heterocycles. The van der Waals surface area contributed by atoms with Crippen LogP contribution in [0.4, 0.5) is 0 Å². The van der Waals surface area contributed by atoms with Crippen molar-refractivity contribution in [2.45, 2.75) is 26.7 Å². The lowest BCUT2D eigenvalue weighted by Gasteiger charge is -2.51. The maximum absolute atomic E-state index is 12.1. The lowest BCUT2D eigenvalue weighted by molar-refractivity contribution is -0.171. The van der Waals surface area contributed by atoms with Crippen molar-refractivity contribution in [3.8, 4) is 0 Å². The van der Waals surface area contributed by atoms with Gasteiger partial charge in [0, 0.05) is 26.1 Å². The summed E-state index contributed by atoms with van der Waals surface area (Å²) in [6.07, 6.45) is 0.966. The van der Waals surface area contributed by atoms with Gasteiger partial charge in [-0.2, -0.15) is 0 Å². The first kappa shape index (κ1) is 13.8. The van der Waals surface area contributed by atoms with E-state index in [2.05, 4.69) is 13.8 Å². The van der Waals surface area contributed by atoms with Crippen LogP contribution < -0.4 is 5.73 Å². The summed E-state index contributed by atoms with van der Waals surface area (Å²) in [6, 6.07) is 0. The largest absolute Gasteiger partial charge is 0.368 e. The van der Waals surface area contributed by atoms with Crippen LogP contribution in [0, 0.1) is 11.3 Å². The number of hydrogen-bond donors (Lipinski definition) is 1. The average molecular weight is 267 g/mol. The van der Waals surface area contributed by atoms with Crippen molar-refractivity contribution < 1.29 is 14.4 Å². The van der Waals surface area contributed by atoms with Crippen LogP contribution in [-0.2, 0) is 14.4 Å². The van der Waals surface area contributed by atoms with Crippen LogP contribution in [0.2, 0.25) is 0 Å². The minimum absolute atomic E-state index is 0.0372. The number of primary amides is 1. The molecular weight excluding hydrogens is 246 g/mol. The fourth-order valence-corrected chi connectivity index (χ4v) is 2.98. The smallest absolute Gasteiger partial charge is 0.237 e. The predicted octanol–water partition coefficient (Wildman–Crippen LogP) is -0.421. The van der Waals surface area contributed by atoms with Gasteiger partial charge in [0.15, 0.2) is 0 Å². The molecule has 0 aromatic rings. The molecule has 1 atom stereocenters. The van der Waals surface area contributed by atoms with Gasteiger partial charge in [-0.15, -0.1) is 0 Å². The Hall–Kier alpha value is -1.59. The second-order valence-corrected chi connectivity index (χ2v) is 6.07. The maximum Gasteiger partial charge on any atom is 0.237 e. The third-order valence-corrected chi connectivity index (χ3v) is 3.87. The molecule has 2 saturated heterocycles. The molecule has 0 bridgehead atoms. The molecule has 2 fully saturated rings. The number of nitrogens with two attached hydrogens (primary N) is 1. The highest BCUT2D eigenvalue weighted by atomic mass is 16.2. The predicted molar refractivity (Wildman–Crippen MR) is 68.9 cm³/mol. The van der Waals surface area contributed by atoms with Crippen LogP contribution in [0.25, 0.3) is 0 Å². The van der Waals surface area contributed by atoms with Crippen LogP contribution in [-0.4, -0.2) is 53.7 Å². The highest BCUT2D eigenvalue weighted by Gasteiger charge is 2.55. The molecule has 0 aromatic heterocycles. The molecule has 2 aliphatic rings. The summed E-state index contributed by atoms with van der Waals surface area (Å²) >= 11 is 0. The number of piperidine rings is 1. The third-order valence-electron chi connectivity index (χ3n) is 3.87. The monoisotopic (exact) mass is 267 g/mol. The summed E-state index contributed by atoms with van der Waals surface area (Å²) in [5.74, 6) is -0.121. The zero-order chi connectivity index (χ0) is 14.2. The standard InChI is InChI=1S/C13H21N3O3/c1-9(2)6-15-4-3-13(5-11(15)18)8-16(12(13)19)7-10(14)17/h9H,3-8H2,1-2H3,(H2,14,17). The lowest BCUT2D eigenvalue weighted by Crippen LogP contribution is -2.66. The minimum Gasteiger partial charge on any atom is -0.368 e. The summed E-state index contributed by atoms with van der Waals surface area (Å²) in [5, 5.41) is 0. The Morgan fingerprint density at radius 3 is 2.53 bits per heavy atom. The molecule has 0 saturated carbocycles. The van der Waals surface area contributed by atoms with Crippen molar-refractivity contribution >= 4 is 17.7 Å². The van der Waals surface area contributed by atoms with Gasteiger partial charge in [-0.1, -0.05) is 13.8 Å². The molecule has 1 spiro atoms. The van der Waals surface area contributed by atoms with Crippen molar-refractivity contribution in [2.24, 2.45) is 17.1 Å². The number of hydrogen-bond acceptors (Lipinski definition) is 3. The first-order chi connectivity index (χ1) is 8.84. The van der Waals surface area contributed by atoms with Gasteiger partial charge in [-0.3, -0.25) is 14.4 Å². The zero-order valence-corrected chi connectivity index (χ0v) is 11.5. The van der Waals surface area contributed by atoms with Gasteiger partial charge in [-0.05, 0) is 12.3 Å². The Balaban J connectivity index is 1.94. The van der Waals surface area contributed by atoms with Gasteiger partial charge in [0.05, 0.1) is 12.0 Å². The van der Waals surface area contributed by atoms with Crippen molar-refractivity contribution in [3.63, 3.8) is 0 Å². The van der Waals surface area contributed by atoms with Crippen molar-refractivity contribution in [2.75, 3.05) is 26.2 Å². The molecule has 6 heteroatoms. The Labute approximate surface area is 112 Å². The number of carbonyl (C=O) groups excluding carboxylic acids is 3. The summed E-state index contributed by atoms with van der Waals surface area (Å²) in [6.45, 7) is 5.96. The van der Waals surface area contributed by atoms with Crippen LogP contribution in [0.3, 0.4) is 0 Å². The molecular formula is C13H21N3O3. The number of carbonyl (C=O) groups is 3. The van der Waals surface area contributed by atoms with E-state index in [0.717, 1.165) is 6.54 Å². The number of rotatable bonds is 4. The maximum atomic E-state index is 12.1. The third kappa shape index (κ3) is 2.57. The number of amides is 3. The Morgan fingerprint density at radius 2 is 2.05 bits per heavy atom. The van der Waals surface area contributed by atoms with Gasteiger partial charge in [-0.25, -0.2) is 0 Å². The van der Waals surface area contributed by atoms with Crippen LogP contribution in [0.15, 0.2) is 0 Å². The molecule has 1 unspecified atom stereocenters. The van der Waals surface area contributed by atoms with Gasteiger partial charge >= 0.3 is 0 Å². The summed E-state index contributed by atoms with van der Waals surface area (Å²) < 4.78 is 0. The van der Waals surface area contributed by atoms with Crippen molar-refractivity contribution in [1.82, 2.24) is 9.80 Å². The zero-order valence-electron chi connectivity index (χ0n) is 11.5. The normalized spacial score (nSPS) is 27.1. The van der Waals surface area contributed by atoms with E-state index in [-0.39, 0.29) is 24.8 Å². The summed E-state index contributed by atoms with van der Waals surface area (Å²) in [4.78, 5) is 38.3. The molecule has 6 nitrogen and oxygen atoms in total. The molecule has 0 aliphatic carbocycles. The van der Waals surface area contributed by atoms with Crippen molar-refractivity contribution in [1.29, 1.82) is 0 Å².